The van der Waals surface area contributed by atoms with Gasteiger partial charge in [-0.2, -0.15) is 18.4 Å². The lowest BCUT2D eigenvalue weighted by Gasteiger charge is -2.16. The molecule has 29 heavy (non-hydrogen) atoms. The number of carbonyl (C=O) groups excluding carboxylic acids is 1. The number of fused-ring (bicyclic) bond motifs is 1. The molecule has 0 fully saturated rings. The molecule has 5 nitrogen and oxygen atoms in total. The normalized spacial score (nSPS) is 11.6. The molecular weight excluding hydrogens is 405 g/mol. The average molecular weight is 421 g/mol. The van der Waals surface area contributed by atoms with Crippen LogP contribution in [0.1, 0.15) is 16.7 Å². The number of benzene rings is 1. The van der Waals surface area contributed by atoms with E-state index in [1.807, 2.05) is 35.0 Å². The van der Waals surface area contributed by atoms with Gasteiger partial charge >= 0.3 is 6.18 Å². The number of amides is 1. The van der Waals surface area contributed by atoms with Crippen LogP contribution in [0, 0.1) is 11.3 Å². The number of alkyl halides is 3. The third-order valence-electron chi connectivity index (χ3n) is 4.28. The number of carbonyl (C=O) groups is 1. The molecule has 0 aliphatic heterocycles. The van der Waals surface area contributed by atoms with E-state index in [0.29, 0.717) is 12.1 Å². The summed E-state index contributed by atoms with van der Waals surface area (Å²) in [5.41, 5.74) is 1.03. The molecule has 0 aliphatic rings. The minimum absolute atomic E-state index is 0.00689. The number of rotatable bonds is 5. The van der Waals surface area contributed by atoms with Gasteiger partial charge in [-0.25, -0.2) is 0 Å². The molecule has 0 spiro atoms. The summed E-state index contributed by atoms with van der Waals surface area (Å²) in [5.74, 6) is -0.481. The molecule has 1 amide bonds. The summed E-state index contributed by atoms with van der Waals surface area (Å²) < 4.78 is 40.7. The van der Waals surface area contributed by atoms with Gasteiger partial charge in [0.1, 0.15) is 6.07 Å². The monoisotopic (exact) mass is 420 g/mol. The molecule has 0 radical (unpaired) electrons. The maximum Gasteiger partial charge on any atom is 0.417 e. The Labute approximate surface area is 169 Å². The van der Waals surface area contributed by atoms with Crippen molar-refractivity contribution in [3.63, 3.8) is 0 Å². The third-order valence-corrected chi connectivity index (χ3v) is 4.61. The van der Waals surface area contributed by atoms with Crippen molar-refractivity contribution in [1.82, 2.24) is 9.30 Å². The highest BCUT2D eigenvalue weighted by Crippen LogP contribution is 2.36. The molecule has 0 aliphatic carbocycles. The summed E-state index contributed by atoms with van der Waals surface area (Å²) in [6, 6.07) is 10.9. The van der Waals surface area contributed by atoms with Crippen molar-refractivity contribution in [2.45, 2.75) is 12.7 Å². The predicted molar refractivity (Wildman–Crippen MR) is 104 cm³/mol. The van der Waals surface area contributed by atoms with E-state index in [0.717, 1.165) is 23.2 Å². The zero-order valence-electron chi connectivity index (χ0n) is 15.3. The first-order chi connectivity index (χ1) is 13.7. The van der Waals surface area contributed by atoms with Crippen LogP contribution in [-0.4, -0.2) is 28.8 Å². The van der Waals surface area contributed by atoms with Crippen LogP contribution in [0.5, 0.6) is 0 Å². The Morgan fingerprint density at radius 2 is 2.07 bits per heavy atom. The van der Waals surface area contributed by atoms with Gasteiger partial charge in [-0.05, 0) is 37.4 Å². The van der Waals surface area contributed by atoms with Gasteiger partial charge in [-0.15, -0.1) is 0 Å². The van der Waals surface area contributed by atoms with E-state index in [9.17, 15) is 23.2 Å². The summed E-state index contributed by atoms with van der Waals surface area (Å²) in [7, 11) is 1.69. The summed E-state index contributed by atoms with van der Waals surface area (Å²) >= 11 is 5.58. The van der Waals surface area contributed by atoms with Crippen molar-refractivity contribution in [1.29, 1.82) is 5.26 Å². The van der Waals surface area contributed by atoms with Crippen LogP contribution >= 0.6 is 11.6 Å². The molecule has 0 saturated carbocycles. The standard InChI is InChI=1S/C20H16ClF3N4O/c1-27(10-13-11-28-7-3-2-4-18(28)15(13)9-25)12-19(29)26-14-5-6-17(21)16(8-14)20(22,23)24/h2-8,11H,10,12H2,1H3,(H,26,29). The lowest BCUT2D eigenvalue weighted by molar-refractivity contribution is -0.137. The zero-order valence-corrected chi connectivity index (χ0v) is 16.1. The zero-order chi connectivity index (χ0) is 21.2. The number of hydrogen-bond donors (Lipinski definition) is 1. The molecule has 0 saturated heterocycles. The van der Waals surface area contributed by atoms with Gasteiger partial charge in [-0.1, -0.05) is 17.7 Å². The molecular formula is C20H16ClF3N4O. The van der Waals surface area contributed by atoms with E-state index in [-0.39, 0.29) is 12.2 Å². The molecule has 0 bridgehead atoms. The van der Waals surface area contributed by atoms with E-state index >= 15 is 0 Å². The molecule has 9 heteroatoms. The number of nitriles is 1. The third kappa shape index (κ3) is 4.70. The molecule has 0 atom stereocenters. The van der Waals surface area contributed by atoms with E-state index in [1.54, 1.807) is 11.9 Å². The van der Waals surface area contributed by atoms with Crippen LogP contribution in [-0.2, 0) is 17.5 Å². The Balaban J connectivity index is 1.68. The minimum Gasteiger partial charge on any atom is -0.325 e. The fourth-order valence-corrected chi connectivity index (χ4v) is 3.26. The van der Waals surface area contributed by atoms with Crippen LogP contribution in [0.2, 0.25) is 5.02 Å². The maximum atomic E-state index is 12.9. The first-order valence-corrected chi connectivity index (χ1v) is 8.90. The van der Waals surface area contributed by atoms with Crippen molar-refractivity contribution in [2.75, 3.05) is 18.9 Å². The Morgan fingerprint density at radius 3 is 2.76 bits per heavy atom. The highest BCUT2D eigenvalue weighted by atomic mass is 35.5. The molecule has 3 aromatic rings. The van der Waals surface area contributed by atoms with E-state index in [2.05, 4.69) is 11.4 Å². The molecule has 0 unspecified atom stereocenters. The van der Waals surface area contributed by atoms with Crippen LogP contribution in [0.4, 0.5) is 18.9 Å². The van der Waals surface area contributed by atoms with Crippen molar-refractivity contribution >= 4 is 28.7 Å². The van der Waals surface area contributed by atoms with Gasteiger partial charge < -0.3 is 9.72 Å². The van der Waals surface area contributed by atoms with Gasteiger partial charge in [0.15, 0.2) is 0 Å². The van der Waals surface area contributed by atoms with Crippen molar-refractivity contribution in [3.8, 4) is 6.07 Å². The Kier molecular flexibility index (Phi) is 5.82. The van der Waals surface area contributed by atoms with E-state index < -0.39 is 22.7 Å². The number of hydrogen-bond acceptors (Lipinski definition) is 3. The second-order valence-corrected chi connectivity index (χ2v) is 6.95. The topological polar surface area (TPSA) is 60.5 Å². The minimum atomic E-state index is -4.61. The molecule has 150 valence electrons. The molecule has 3 rings (SSSR count). The van der Waals surface area contributed by atoms with Crippen LogP contribution in [0.25, 0.3) is 5.52 Å². The second-order valence-electron chi connectivity index (χ2n) is 6.55. The number of halogens is 4. The van der Waals surface area contributed by atoms with Gasteiger partial charge in [0.2, 0.25) is 5.91 Å². The van der Waals surface area contributed by atoms with Crippen molar-refractivity contribution in [3.05, 3.63) is 70.5 Å². The van der Waals surface area contributed by atoms with Crippen LogP contribution < -0.4 is 5.32 Å². The number of anilines is 1. The predicted octanol–water partition coefficient (Wildman–Crippen LogP) is 4.55. The van der Waals surface area contributed by atoms with Crippen molar-refractivity contribution in [2.24, 2.45) is 0 Å². The Bertz CT molecular complexity index is 1100. The highest BCUT2D eigenvalue weighted by molar-refractivity contribution is 6.31. The Morgan fingerprint density at radius 1 is 1.31 bits per heavy atom. The number of likely N-dealkylation sites (N-methyl/N-ethyl adjacent to an activating group) is 1. The smallest absolute Gasteiger partial charge is 0.325 e. The first-order valence-electron chi connectivity index (χ1n) is 8.53. The summed E-state index contributed by atoms with van der Waals surface area (Å²) in [6.07, 6.45) is -0.970. The van der Waals surface area contributed by atoms with Crippen molar-refractivity contribution < 1.29 is 18.0 Å². The quantitative estimate of drug-likeness (QED) is 0.658. The van der Waals surface area contributed by atoms with Gasteiger partial charge in [0.25, 0.3) is 0 Å². The fraction of sp³-hybridized carbons (Fsp3) is 0.200. The van der Waals surface area contributed by atoms with Crippen LogP contribution in [0.15, 0.2) is 48.8 Å². The SMILES string of the molecule is CN(CC(=O)Nc1ccc(Cl)c(C(F)(F)F)c1)Cc1cn2ccccc2c1C#N. The molecule has 1 aromatic carbocycles. The molecule has 2 aromatic heterocycles. The summed E-state index contributed by atoms with van der Waals surface area (Å²) in [6.45, 7) is 0.257. The fourth-order valence-electron chi connectivity index (χ4n) is 3.04. The lowest BCUT2D eigenvalue weighted by atomic mass is 10.1. The van der Waals surface area contributed by atoms with E-state index in [1.165, 1.54) is 6.07 Å². The maximum absolute atomic E-state index is 12.9. The first kappa shape index (κ1) is 20.7. The van der Waals surface area contributed by atoms with Gasteiger partial charge in [-0.3, -0.25) is 9.69 Å². The summed E-state index contributed by atoms with van der Waals surface area (Å²) in [5, 5.41) is 11.5. The number of nitrogens with one attached hydrogen (secondary N) is 1. The van der Waals surface area contributed by atoms with Gasteiger partial charge in [0, 0.05) is 30.2 Å². The lowest BCUT2D eigenvalue weighted by Crippen LogP contribution is -2.30. The number of nitrogens with zero attached hydrogens (tertiary/aromatic N) is 3. The highest BCUT2D eigenvalue weighted by Gasteiger charge is 2.33. The summed E-state index contributed by atoms with van der Waals surface area (Å²) in [4.78, 5) is 13.9. The number of pyridine rings is 1. The molecule has 1 N–H and O–H groups in total. The van der Waals surface area contributed by atoms with Crippen LogP contribution in [0.3, 0.4) is 0 Å². The Hall–Kier alpha value is -3.02. The van der Waals surface area contributed by atoms with Gasteiger partial charge in [0.05, 0.1) is 28.2 Å². The second kappa shape index (κ2) is 8.15. The largest absolute Gasteiger partial charge is 0.417 e. The molecule has 2 heterocycles. The number of aromatic nitrogens is 1. The average Bonchev–Trinajstić information content (AvgIpc) is 2.98. The van der Waals surface area contributed by atoms with E-state index in [4.69, 9.17) is 11.6 Å².